The molecule has 1 aromatic carbocycles. The summed E-state index contributed by atoms with van der Waals surface area (Å²) in [4.78, 5) is 12.9. The Labute approximate surface area is 136 Å². The SMILES string of the molecule is NC1CC(NC(=O)C2(c3ccc(O)cc3)CC2)C12CCOCC2. The van der Waals surface area contributed by atoms with Gasteiger partial charge in [0.25, 0.3) is 0 Å². The molecule has 5 heteroatoms. The predicted octanol–water partition coefficient (Wildman–Crippen LogP) is 1.44. The molecule has 1 saturated heterocycles. The first kappa shape index (κ1) is 15.0. The van der Waals surface area contributed by atoms with Crippen molar-refractivity contribution in [2.75, 3.05) is 13.2 Å². The second kappa shape index (κ2) is 5.21. The van der Waals surface area contributed by atoms with Crippen LogP contribution in [0.25, 0.3) is 0 Å². The Morgan fingerprint density at radius 2 is 1.83 bits per heavy atom. The quantitative estimate of drug-likeness (QED) is 0.788. The summed E-state index contributed by atoms with van der Waals surface area (Å²) >= 11 is 0. The Balaban J connectivity index is 1.49. The summed E-state index contributed by atoms with van der Waals surface area (Å²) in [5.41, 5.74) is 6.89. The molecule has 23 heavy (non-hydrogen) atoms. The number of benzene rings is 1. The lowest BCUT2D eigenvalue weighted by atomic mass is 9.56. The van der Waals surface area contributed by atoms with E-state index in [4.69, 9.17) is 10.5 Å². The van der Waals surface area contributed by atoms with Gasteiger partial charge in [-0.1, -0.05) is 12.1 Å². The zero-order valence-electron chi connectivity index (χ0n) is 13.3. The molecule has 1 amide bonds. The second-order valence-electron chi connectivity index (χ2n) is 7.34. The van der Waals surface area contributed by atoms with Crippen LogP contribution in [0.5, 0.6) is 5.75 Å². The van der Waals surface area contributed by atoms with Crippen molar-refractivity contribution in [1.82, 2.24) is 5.32 Å². The molecule has 1 aromatic rings. The first-order chi connectivity index (χ1) is 11.1. The average Bonchev–Trinajstić information content (AvgIpc) is 3.38. The van der Waals surface area contributed by atoms with Crippen LogP contribution < -0.4 is 11.1 Å². The largest absolute Gasteiger partial charge is 0.508 e. The Morgan fingerprint density at radius 1 is 1.17 bits per heavy atom. The van der Waals surface area contributed by atoms with E-state index >= 15 is 0 Å². The summed E-state index contributed by atoms with van der Waals surface area (Å²) in [5.74, 6) is 0.349. The molecule has 124 valence electrons. The predicted molar refractivity (Wildman–Crippen MR) is 86.0 cm³/mol. The van der Waals surface area contributed by atoms with Crippen molar-refractivity contribution in [3.05, 3.63) is 29.8 Å². The lowest BCUT2D eigenvalue weighted by Gasteiger charge is -2.56. The first-order valence-electron chi connectivity index (χ1n) is 8.51. The molecule has 3 fully saturated rings. The molecule has 2 saturated carbocycles. The van der Waals surface area contributed by atoms with Gasteiger partial charge < -0.3 is 20.9 Å². The highest BCUT2D eigenvalue weighted by atomic mass is 16.5. The number of hydrogen-bond acceptors (Lipinski definition) is 4. The number of phenolic OH excluding ortho intramolecular Hbond substituents is 1. The molecule has 0 aromatic heterocycles. The molecule has 1 heterocycles. The molecular formula is C18H24N2O3. The van der Waals surface area contributed by atoms with E-state index < -0.39 is 5.41 Å². The van der Waals surface area contributed by atoms with Crippen molar-refractivity contribution >= 4 is 5.91 Å². The van der Waals surface area contributed by atoms with E-state index in [0.29, 0.717) is 0 Å². The standard InChI is InChI=1S/C18H24N2O3/c19-14-11-15(18(14)7-9-23-10-8-18)20-16(22)17(5-6-17)12-1-3-13(21)4-2-12/h1-4,14-15,21H,5-11,19H2,(H,20,22). The van der Waals surface area contributed by atoms with Gasteiger partial charge in [-0.2, -0.15) is 0 Å². The highest BCUT2D eigenvalue weighted by Crippen LogP contribution is 2.51. The van der Waals surface area contributed by atoms with E-state index in [0.717, 1.165) is 50.9 Å². The molecule has 1 spiro atoms. The number of rotatable bonds is 3. The van der Waals surface area contributed by atoms with Crippen molar-refractivity contribution in [3.63, 3.8) is 0 Å². The number of hydrogen-bond donors (Lipinski definition) is 3. The summed E-state index contributed by atoms with van der Waals surface area (Å²) in [5, 5.41) is 12.7. The van der Waals surface area contributed by atoms with E-state index in [-0.39, 0.29) is 29.2 Å². The van der Waals surface area contributed by atoms with Crippen LogP contribution in [-0.2, 0) is 14.9 Å². The molecular weight excluding hydrogens is 292 g/mol. The van der Waals surface area contributed by atoms with E-state index in [1.807, 2.05) is 12.1 Å². The number of ether oxygens (including phenoxy) is 1. The molecule has 4 rings (SSSR count). The third kappa shape index (κ3) is 2.25. The highest BCUT2D eigenvalue weighted by molar-refractivity contribution is 5.91. The summed E-state index contributed by atoms with van der Waals surface area (Å²) < 4.78 is 5.47. The number of nitrogens with two attached hydrogens (primary N) is 1. The minimum Gasteiger partial charge on any atom is -0.508 e. The van der Waals surface area contributed by atoms with Crippen LogP contribution >= 0.6 is 0 Å². The van der Waals surface area contributed by atoms with Gasteiger partial charge in [-0.3, -0.25) is 4.79 Å². The van der Waals surface area contributed by atoms with Gasteiger partial charge in [0.05, 0.1) is 5.41 Å². The Morgan fingerprint density at radius 3 is 2.39 bits per heavy atom. The van der Waals surface area contributed by atoms with Crippen molar-refractivity contribution in [2.24, 2.45) is 11.1 Å². The minimum atomic E-state index is -0.403. The van der Waals surface area contributed by atoms with Gasteiger partial charge in [0.2, 0.25) is 5.91 Å². The minimum absolute atomic E-state index is 0.0267. The van der Waals surface area contributed by atoms with E-state index in [1.165, 1.54) is 0 Å². The molecule has 4 N–H and O–H groups in total. The Hall–Kier alpha value is -1.59. The molecule has 5 nitrogen and oxygen atoms in total. The van der Waals surface area contributed by atoms with Crippen LogP contribution in [-0.4, -0.2) is 36.3 Å². The van der Waals surface area contributed by atoms with E-state index in [2.05, 4.69) is 5.32 Å². The van der Waals surface area contributed by atoms with Gasteiger partial charge in [-0.25, -0.2) is 0 Å². The zero-order valence-corrected chi connectivity index (χ0v) is 13.3. The van der Waals surface area contributed by atoms with Crippen molar-refractivity contribution < 1.29 is 14.6 Å². The number of carbonyl (C=O) groups excluding carboxylic acids is 1. The number of aromatic hydroxyl groups is 1. The van der Waals surface area contributed by atoms with Crippen molar-refractivity contribution in [1.29, 1.82) is 0 Å². The van der Waals surface area contributed by atoms with E-state index in [9.17, 15) is 9.90 Å². The summed E-state index contributed by atoms with van der Waals surface area (Å²) in [7, 11) is 0. The van der Waals surface area contributed by atoms with Crippen LogP contribution in [0.1, 0.15) is 37.7 Å². The molecule has 1 aliphatic heterocycles. The lowest BCUT2D eigenvalue weighted by Crippen LogP contribution is -2.69. The number of carbonyl (C=O) groups is 1. The van der Waals surface area contributed by atoms with Crippen LogP contribution in [0.15, 0.2) is 24.3 Å². The fourth-order valence-corrected chi connectivity index (χ4v) is 4.34. The zero-order chi connectivity index (χ0) is 16.1. The van der Waals surface area contributed by atoms with Crippen LogP contribution in [0.2, 0.25) is 0 Å². The monoisotopic (exact) mass is 316 g/mol. The summed E-state index contributed by atoms with van der Waals surface area (Å²) in [6.07, 6.45) is 4.48. The second-order valence-corrected chi connectivity index (χ2v) is 7.34. The maximum Gasteiger partial charge on any atom is 0.230 e. The Kier molecular flexibility index (Phi) is 3.39. The van der Waals surface area contributed by atoms with Gasteiger partial charge in [-0.15, -0.1) is 0 Å². The Bertz CT molecular complexity index is 603. The molecule has 0 bridgehead atoms. The van der Waals surface area contributed by atoms with Crippen LogP contribution in [0, 0.1) is 5.41 Å². The molecule has 2 aliphatic carbocycles. The summed E-state index contributed by atoms with van der Waals surface area (Å²) in [6.45, 7) is 1.48. The van der Waals surface area contributed by atoms with Crippen LogP contribution in [0.4, 0.5) is 0 Å². The molecule has 2 unspecified atom stereocenters. The van der Waals surface area contributed by atoms with E-state index in [1.54, 1.807) is 12.1 Å². The van der Waals surface area contributed by atoms with Gasteiger partial charge in [0.1, 0.15) is 5.75 Å². The normalized spacial score (nSPS) is 30.5. The smallest absolute Gasteiger partial charge is 0.230 e. The van der Waals surface area contributed by atoms with Gasteiger partial charge in [-0.05, 0) is 49.8 Å². The fourth-order valence-electron chi connectivity index (χ4n) is 4.34. The maximum atomic E-state index is 12.9. The average molecular weight is 316 g/mol. The van der Waals surface area contributed by atoms with Crippen molar-refractivity contribution in [2.45, 2.75) is 49.6 Å². The van der Waals surface area contributed by atoms with Crippen molar-refractivity contribution in [3.8, 4) is 5.75 Å². The first-order valence-corrected chi connectivity index (χ1v) is 8.51. The van der Waals surface area contributed by atoms with Gasteiger partial charge >= 0.3 is 0 Å². The molecule has 0 radical (unpaired) electrons. The number of amides is 1. The number of phenols is 1. The molecule has 2 atom stereocenters. The summed E-state index contributed by atoms with van der Waals surface area (Å²) in [6, 6.07) is 7.37. The highest BCUT2D eigenvalue weighted by Gasteiger charge is 2.57. The molecule has 3 aliphatic rings. The maximum absolute atomic E-state index is 12.9. The van der Waals surface area contributed by atoms with Gasteiger partial charge in [0, 0.05) is 30.7 Å². The number of nitrogens with one attached hydrogen (secondary N) is 1. The lowest BCUT2D eigenvalue weighted by molar-refractivity contribution is -0.130. The van der Waals surface area contributed by atoms with Gasteiger partial charge in [0.15, 0.2) is 0 Å². The topological polar surface area (TPSA) is 84.6 Å². The third-order valence-corrected chi connectivity index (χ3v) is 6.26. The fraction of sp³-hybridized carbons (Fsp3) is 0.611. The third-order valence-electron chi connectivity index (χ3n) is 6.26. The van der Waals surface area contributed by atoms with Crippen LogP contribution in [0.3, 0.4) is 0 Å².